The molecular formula is C22H25F3N6. The maximum absolute atomic E-state index is 12.9. The Bertz CT molecular complexity index is 1000. The molecule has 0 aliphatic carbocycles. The molecule has 0 aromatic carbocycles. The first-order valence-corrected chi connectivity index (χ1v) is 10.1. The van der Waals surface area contributed by atoms with Crippen molar-refractivity contribution in [3.8, 4) is 0 Å². The first-order chi connectivity index (χ1) is 14.6. The van der Waals surface area contributed by atoms with Gasteiger partial charge in [0.1, 0.15) is 17.7 Å². The summed E-state index contributed by atoms with van der Waals surface area (Å²) in [5, 5.41) is 5.65. The zero-order valence-electron chi connectivity index (χ0n) is 17.5. The molecule has 2 aromatic rings. The standard InChI is InChI=1S/C22H25F3N6/c1-13-5-8-20(26-11-13)28-16(4)31-17-9-10-30(12-17)19-7-6-18(29-21(19)31)14(2)27-15(3)22(23,24)25/h5-8,11,15,17,27H,2,4,9-10,12H2,1,3H3,(H,26,28). The van der Waals surface area contributed by atoms with Crippen LogP contribution in [-0.4, -0.2) is 41.3 Å². The molecule has 0 spiro atoms. The first kappa shape index (κ1) is 21.0. The second-order valence-corrected chi connectivity index (χ2v) is 7.98. The van der Waals surface area contributed by atoms with Crippen molar-refractivity contribution in [2.75, 3.05) is 28.2 Å². The molecule has 164 valence electrons. The summed E-state index contributed by atoms with van der Waals surface area (Å²) in [5.41, 5.74) is 2.47. The lowest BCUT2D eigenvalue weighted by molar-refractivity contribution is -0.148. The maximum atomic E-state index is 12.9. The molecule has 2 atom stereocenters. The quantitative estimate of drug-likeness (QED) is 0.714. The molecule has 6 nitrogen and oxygen atoms in total. The zero-order chi connectivity index (χ0) is 22.3. The average Bonchev–Trinajstić information content (AvgIpc) is 3.13. The van der Waals surface area contributed by atoms with E-state index >= 15 is 0 Å². The van der Waals surface area contributed by atoms with Crippen LogP contribution in [0, 0.1) is 6.92 Å². The van der Waals surface area contributed by atoms with Gasteiger partial charge in [-0.15, -0.1) is 0 Å². The number of hydrogen-bond acceptors (Lipinski definition) is 6. The van der Waals surface area contributed by atoms with Crippen LogP contribution in [0.2, 0.25) is 0 Å². The Kier molecular flexibility index (Phi) is 5.28. The van der Waals surface area contributed by atoms with Gasteiger partial charge in [0.15, 0.2) is 5.82 Å². The SMILES string of the molecule is C=C(NC(C)C(F)(F)F)c1ccc2c(n1)N(C(=C)Nc1ccc(C)cn1)C1CCN2C1. The highest BCUT2D eigenvalue weighted by atomic mass is 19.4. The Hall–Kier alpha value is -3.23. The fourth-order valence-corrected chi connectivity index (χ4v) is 3.89. The molecular weight excluding hydrogens is 405 g/mol. The first-order valence-electron chi connectivity index (χ1n) is 10.1. The van der Waals surface area contributed by atoms with Crippen LogP contribution in [-0.2, 0) is 0 Å². The molecule has 2 aliphatic rings. The van der Waals surface area contributed by atoms with E-state index in [1.807, 2.05) is 30.0 Å². The second kappa shape index (κ2) is 7.79. The van der Waals surface area contributed by atoms with Gasteiger partial charge in [-0.2, -0.15) is 13.2 Å². The highest BCUT2D eigenvalue weighted by molar-refractivity contribution is 5.77. The monoisotopic (exact) mass is 430 g/mol. The second-order valence-electron chi connectivity index (χ2n) is 7.98. The van der Waals surface area contributed by atoms with Crippen molar-refractivity contribution in [1.29, 1.82) is 0 Å². The van der Waals surface area contributed by atoms with Gasteiger partial charge < -0.3 is 20.4 Å². The number of rotatable bonds is 6. The van der Waals surface area contributed by atoms with Gasteiger partial charge in [0.05, 0.1) is 23.1 Å². The largest absolute Gasteiger partial charge is 0.408 e. The summed E-state index contributed by atoms with van der Waals surface area (Å²) in [6.45, 7) is 12.7. The molecule has 2 N–H and O–H groups in total. The van der Waals surface area contributed by atoms with E-state index in [9.17, 15) is 13.2 Å². The van der Waals surface area contributed by atoms with Crippen LogP contribution in [0.4, 0.5) is 30.5 Å². The Labute approximate surface area is 179 Å². The van der Waals surface area contributed by atoms with Crippen LogP contribution in [0.3, 0.4) is 0 Å². The lowest BCUT2D eigenvalue weighted by Crippen LogP contribution is -2.44. The molecule has 2 aliphatic heterocycles. The third-order valence-electron chi connectivity index (χ3n) is 5.62. The predicted molar refractivity (Wildman–Crippen MR) is 117 cm³/mol. The highest BCUT2D eigenvalue weighted by Gasteiger charge is 2.39. The number of alkyl halides is 3. The fraction of sp³-hybridized carbons (Fsp3) is 0.364. The molecule has 31 heavy (non-hydrogen) atoms. The van der Waals surface area contributed by atoms with Gasteiger partial charge in [-0.25, -0.2) is 9.97 Å². The van der Waals surface area contributed by atoms with Gasteiger partial charge in [0.2, 0.25) is 0 Å². The van der Waals surface area contributed by atoms with E-state index < -0.39 is 12.2 Å². The van der Waals surface area contributed by atoms with E-state index in [0.717, 1.165) is 37.7 Å². The number of aromatic nitrogens is 2. The minimum absolute atomic E-state index is 0.124. The van der Waals surface area contributed by atoms with E-state index in [0.29, 0.717) is 23.2 Å². The lowest BCUT2D eigenvalue weighted by atomic mass is 10.1. The Balaban J connectivity index is 1.62. The number of aryl methyl sites for hydroxylation is 1. The van der Waals surface area contributed by atoms with Crippen LogP contribution in [0.1, 0.15) is 24.6 Å². The molecule has 0 saturated carbocycles. The molecule has 0 amide bonds. The molecule has 4 rings (SSSR count). The van der Waals surface area contributed by atoms with Crippen molar-refractivity contribution >= 4 is 23.0 Å². The Morgan fingerprint density at radius 1 is 1.23 bits per heavy atom. The van der Waals surface area contributed by atoms with Crippen LogP contribution in [0.5, 0.6) is 0 Å². The zero-order valence-corrected chi connectivity index (χ0v) is 17.5. The number of hydrogen-bond donors (Lipinski definition) is 2. The summed E-state index contributed by atoms with van der Waals surface area (Å²) in [6.07, 6.45) is -1.67. The maximum Gasteiger partial charge on any atom is 0.408 e. The predicted octanol–water partition coefficient (Wildman–Crippen LogP) is 4.28. The van der Waals surface area contributed by atoms with Gasteiger partial charge in [-0.3, -0.25) is 0 Å². The Morgan fingerprint density at radius 2 is 2.00 bits per heavy atom. The van der Waals surface area contributed by atoms with E-state index in [2.05, 4.69) is 38.7 Å². The van der Waals surface area contributed by atoms with Crippen LogP contribution in [0.25, 0.3) is 5.70 Å². The van der Waals surface area contributed by atoms with E-state index in [1.54, 1.807) is 12.3 Å². The number of halogens is 3. The van der Waals surface area contributed by atoms with Crippen molar-refractivity contribution in [3.05, 3.63) is 60.7 Å². The molecule has 0 radical (unpaired) electrons. The number of nitrogens with zero attached hydrogens (tertiary/aromatic N) is 4. The Morgan fingerprint density at radius 3 is 2.68 bits per heavy atom. The third kappa shape index (κ3) is 4.17. The van der Waals surface area contributed by atoms with Gasteiger partial charge in [0.25, 0.3) is 0 Å². The van der Waals surface area contributed by atoms with Gasteiger partial charge in [-0.05, 0) is 44.0 Å². The number of anilines is 3. The van der Waals surface area contributed by atoms with Gasteiger partial charge in [-0.1, -0.05) is 19.2 Å². The van der Waals surface area contributed by atoms with Gasteiger partial charge in [0, 0.05) is 19.3 Å². The van der Waals surface area contributed by atoms with Crippen LogP contribution in [0.15, 0.2) is 49.4 Å². The topological polar surface area (TPSA) is 56.3 Å². The summed E-state index contributed by atoms with van der Waals surface area (Å²) in [7, 11) is 0. The molecule has 4 heterocycles. The smallest absolute Gasteiger partial charge is 0.373 e. The minimum atomic E-state index is -4.37. The summed E-state index contributed by atoms with van der Waals surface area (Å²) in [6, 6.07) is 5.85. The molecule has 2 unspecified atom stereocenters. The van der Waals surface area contributed by atoms with Crippen molar-refractivity contribution in [2.45, 2.75) is 38.5 Å². The van der Waals surface area contributed by atoms with Crippen LogP contribution >= 0.6 is 0 Å². The van der Waals surface area contributed by atoms with Crippen molar-refractivity contribution in [3.63, 3.8) is 0 Å². The molecule has 2 bridgehead atoms. The van der Waals surface area contributed by atoms with Crippen molar-refractivity contribution in [1.82, 2.24) is 15.3 Å². The van der Waals surface area contributed by atoms with Crippen molar-refractivity contribution < 1.29 is 13.2 Å². The summed E-state index contributed by atoms with van der Waals surface area (Å²) in [5.74, 6) is 1.94. The molecule has 1 fully saturated rings. The normalized spacial score (nSPS) is 18.4. The lowest BCUT2D eigenvalue weighted by Gasteiger charge is -2.38. The number of fused-ring (bicyclic) bond motifs is 4. The van der Waals surface area contributed by atoms with E-state index in [1.165, 1.54) is 0 Å². The average molecular weight is 430 g/mol. The van der Waals surface area contributed by atoms with Crippen molar-refractivity contribution in [2.24, 2.45) is 0 Å². The summed E-state index contributed by atoms with van der Waals surface area (Å²) >= 11 is 0. The summed E-state index contributed by atoms with van der Waals surface area (Å²) in [4.78, 5) is 13.3. The molecule has 9 heteroatoms. The van der Waals surface area contributed by atoms with Gasteiger partial charge >= 0.3 is 6.18 Å². The number of pyridine rings is 2. The minimum Gasteiger partial charge on any atom is -0.373 e. The fourth-order valence-electron chi connectivity index (χ4n) is 3.89. The molecule has 1 saturated heterocycles. The molecule has 2 aromatic heterocycles. The van der Waals surface area contributed by atoms with E-state index in [-0.39, 0.29) is 11.7 Å². The summed E-state index contributed by atoms with van der Waals surface area (Å²) < 4.78 is 38.8. The van der Waals surface area contributed by atoms with E-state index in [4.69, 9.17) is 0 Å². The highest BCUT2D eigenvalue weighted by Crippen LogP contribution is 2.41. The van der Waals surface area contributed by atoms with Crippen LogP contribution < -0.4 is 20.4 Å². The number of nitrogens with one attached hydrogen (secondary N) is 2. The third-order valence-corrected chi connectivity index (χ3v) is 5.62.